The zero-order chi connectivity index (χ0) is 22.7. The first-order chi connectivity index (χ1) is 16.0. The van der Waals surface area contributed by atoms with Crippen molar-refractivity contribution in [3.63, 3.8) is 0 Å². The van der Waals surface area contributed by atoms with Crippen LogP contribution in [-0.2, 0) is 13.7 Å². The van der Waals surface area contributed by atoms with Gasteiger partial charge in [-0.15, -0.1) is 16.4 Å². The second kappa shape index (κ2) is 8.02. The van der Waals surface area contributed by atoms with E-state index in [-0.39, 0.29) is 5.56 Å². The lowest BCUT2D eigenvalue weighted by molar-refractivity contribution is 0.160. The maximum Gasteiger partial charge on any atom is 0.262 e. The van der Waals surface area contributed by atoms with Gasteiger partial charge < -0.3 is 0 Å². The molecule has 1 aliphatic rings. The molecule has 0 radical (unpaired) electrons. The molecular formula is C23H21ClN6OS2. The molecule has 1 fully saturated rings. The molecule has 0 unspecified atom stereocenters. The maximum absolute atomic E-state index is 12.8. The van der Waals surface area contributed by atoms with Crippen LogP contribution in [0.1, 0.15) is 23.8 Å². The number of benzene rings is 2. The molecule has 33 heavy (non-hydrogen) atoms. The van der Waals surface area contributed by atoms with Gasteiger partial charge in [0, 0.05) is 31.1 Å². The predicted octanol–water partition coefficient (Wildman–Crippen LogP) is 4.82. The molecule has 3 aromatic heterocycles. The van der Waals surface area contributed by atoms with Crippen LogP contribution in [0.2, 0.25) is 5.02 Å². The lowest BCUT2D eigenvalue weighted by atomic mass is 9.98. The number of aryl methyl sites for hydroxylation is 1. The number of hydrogen-bond acceptors (Lipinski definition) is 6. The number of hydrogen-bond donors (Lipinski definition) is 0. The average molecular weight is 497 g/mol. The van der Waals surface area contributed by atoms with Crippen molar-refractivity contribution < 1.29 is 0 Å². The average Bonchev–Trinajstić information content (AvgIpc) is 3.39. The van der Waals surface area contributed by atoms with Crippen LogP contribution in [0, 0.1) is 4.77 Å². The minimum Gasteiger partial charge on any atom is -0.284 e. The normalized spacial score (nSPS) is 15.8. The molecule has 0 atom stereocenters. The molecule has 0 saturated carbocycles. The van der Waals surface area contributed by atoms with Gasteiger partial charge in [-0.3, -0.25) is 18.7 Å². The van der Waals surface area contributed by atoms with Gasteiger partial charge in [0.05, 0.1) is 32.8 Å². The van der Waals surface area contributed by atoms with Gasteiger partial charge in [0.1, 0.15) is 0 Å². The Morgan fingerprint density at radius 3 is 2.79 bits per heavy atom. The number of nitrogens with zero attached hydrogens (tertiary/aromatic N) is 6. The fourth-order valence-electron chi connectivity index (χ4n) is 4.64. The van der Waals surface area contributed by atoms with Crippen molar-refractivity contribution in [2.45, 2.75) is 25.4 Å². The smallest absolute Gasteiger partial charge is 0.262 e. The first-order valence-corrected chi connectivity index (χ1v) is 12.5. The van der Waals surface area contributed by atoms with E-state index in [1.165, 1.54) is 9.71 Å². The third-order valence-corrected chi connectivity index (χ3v) is 8.27. The summed E-state index contributed by atoms with van der Waals surface area (Å²) in [5.41, 5.74) is 1.71. The molecule has 0 amide bonds. The van der Waals surface area contributed by atoms with E-state index >= 15 is 0 Å². The highest BCUT2D eigenvalue weighted by atomic mass is 35.5. The Hall–Kier alpha value is -2.59. The van der Waals surface area contributed by atoms with Gasteiger partial charge in [-0.2, -0.15) is 0 Å². The van der Waals surface area contributed by atoms with Crippen molar-refractivity contribution in [2.24, 2.45) is 7.05 Å². The van der Waals surface area contributed by atoms with Crippen LogP contribution in [-0.4, -0.2) is 41.7 Å². The van der Waals surface area contributed by atoms with Crippen molar-refractivity contribution in [2.75, 3.05) is 13.1 Å². The van der Waals surface area contributed by atoms with Crippen molar-refractivity contribution in [1.29, 1.82) is 0 Å². The van der Waals surface area contributed by atoms with Gasteiger partial charge in [0.25, 0.3) is 5.56 Å². The summed E-state index contributed by atoms with van der Waals surface area (Å²) in [7, 11) is 1.74. The van der Waals surface area contributed by atoms with Gasteiger partial charge in [-0.1, -0.05) is 23.7 Å². The summed E-state index contributed by atoms with van der Waals surface area (Å²) in [6.45, 7) is 2.48. The molecule has 4 heterocycles. The summed E-state index contributed by atoms with van der Waals surface area (Å²) in [5, 5.41) is 7.26. The van der Waals surface area contributed by atoms with Crippen LogP contribution < -0.4 is 5.56 Å². The second-order valence-electron chi connectivity index (χ2n) is 8.50. The highest BCUT2D eigenvalue weighted by molar-refractivity contribution is 7.71. The van der Waals surface area contributed by atoms with Crippen molar-refractivity contribution in [3.05, 3.63) is 67.6 Å². The Morgan fingerprint density at radius 2 is 1.97 bits per heavy atom. The molecule has 0 spiro atoms. The van der Waals surface area contributed by atoms with Crippen LogP contribution in [0.4, 0.5) is 0 Å². The van der Waals surface area contributed by atoms with Crippen molar-refractivity contribution in [3.8, 4) is 0 Å². The number of thiazole rings is 1. The fourth-order valence-corrected chi connectivity index (χ4v) is 6.20. The number of halogens is 1. The Balaban J connectivity index is 1.25. The van der Waals surface area contributed by atoms with Crippen LogP contribution in [0.25, 0.3) is 26.9 Å². The third-order valence-electron chi connectivity index (χ3n) is 6.44. The monoisotopic (exact) mass is 496 g/mol. The Morgan fingerprint density at radius 1 is 1.18 bits per heavy atom. The van der Waals surface area contributed by atoms with Crippen molar-refractivity contribution in [1.82, 2.24) is 28.6 Å². The van der Waals surface area contributed by atoms with E-state index < -0.39 is 0 Å². The molecule has 10 heteroatoms. The summed E-state index contributed by atoms with van der Waals surface area (Å²) >= 11 is 13.7. The Labute approximate surface area is 203 Å². The van der Waals surface area contributed by atoms with Gasteiger partial charge in [0.2, 0.25) is 10.5 Å². The van der Waals surface area contributed by atoms with E-state index in [2.05, 4.69) is 11.0 Å². The summed E-state index contributed by atoms with van der Waals surface area (Å²) in [5.74, 6) is 1.02. The SMILES string of the molecule is Cn1c(=O)c2ccccc2n2c(=S)n(CN3CCC(c4nc5cc(Cl)ccc5s4)CC3)nc12. The van der Waals surface area contributed by atoms with E-state index in [1.54, 1.807) is 23.0 Å². The zero-order valence-corrected chi connectivity index (χ0v) is 20.3. The highest BCUT2D eigenvalue weighted by Crippen LogP contribution is 2.34. The van der Waals surface area contributed by atoms with E-state index in [9.17, 15) is 4.79 Å². The van der Waals surface area contributed by atoms with Gasteiger partial charge >= 0.3 is 0 Å². The van der Waals surface area contributed by atoms with E-state index in [1.807, 2.05) is 45.5 Å². The third kappa shape index (κ3) is 3.50. The topological polar surface area (TPSA) is 60.4 Å². The standard InChI is InChI=1S/C23H21ClN6OS2/c1-27-21(31)16-4-2-3-5-18(16)30-22(27)26-29(23(30)32)13-28-10-8-14(9-11-28)20-25-17-12-15(24)6-7-19(17)33-20/h2-7,12,14H,8-11,13H2,1H3. The van der Waals surface area contributed by atoms with Crippen LogP contribution >= 0.6 is 35.2 Å². The highest BCUT2D eigenvalue weighted by Gasteiger charge is 2.24. The fraction of sp³-hybridized carbons (Fsp3) is 0.304. The molecule has 1 aliphatic heterocycles. The Kier molecular flexibility index (Phi) is 5.10. The number of fused-ring (bicyclic) bond motifs is 4. The molecule has 7 nitrogen and oxygen atoms in total. The number of rotatable bonds is 3. The molecular weight excluding hydrogens is 476 g/mol. The van der Waals surface area contributed by atoms with Gasteiger partial charge in [0.15, 0.2) is 0 Å². The number of para-hydroxylation sites is 1. The second-order valence-corrected chi connectivity index (χ2v) is 10.4. The minimum atomic E-state index is -0.0665. The first kappa shape index (κ1) is 21.0. The van der Waals surface area contributed by atoms with Gasteiger partial charge in [-0.25, -0.2) is 9.67 Å². The first-order valence-electron chi connectivity index (χ1n) is 10.9. The molecule has 0 aliphatic carbocycles. The number of aromatic nitrogens is 5. The van der Waals surface area contributed by atoms with E-state index in [0.717, 1.165) is 42.0 Å². The summed E-state index contributed by atoms with van der Waals surface area (Å²) in [6.07, 6.45) is 2.07. The quantitative estimate of drug-likeness (QED) is 0.335. The maximum atomic E-state index is 12.8. The van der Waals surface area contributed by atoms with Gasteiger partial charge in [-0.05, 0) is 55.4 Å². The van der Waals surface area contributed by atoms with Crippen LogP contribution in [0.5, 0.6) is 0 Å². The summed E-state index contributed by atoms with van der Waals surface area (Å²) in [4.78, 5) is 20.0. The Bertz CT molecular complexity index is 1640. The molecule has 5 aromatic rings. The molecule has 168 valence electrons. The molecule has 0 bridgehead atoms. The largest absolute Gasteiger partial charge is 0.284 e. The summed E-state index contributed by atoms with van der Waals surface area (Å²) in [6, 6.07) is 13.4. The van der Waals surface area contributed by atoms with Crippen LogP contribution in [0.15, 0.2) is 47.3 Å². The number of likely N-dealkylation sites (tertiary alicyclic amines) is 1. The molecule has 0 N–H and O–H groups in total. The lowest BCUT2D eigenvalue weighted by Gasteiger charge is -2.30. The minimum absolute atomic E-state index is 0.0665. The lowest BCUT2D eigenvalue weighted by Crippen LogP contribution is -2.34. The summed E-state index contributed by atoms with van der Waals surface area (Å²) < 4.78 is 7.08. The number of piperidine rings is 1. The zero-order valence-electron chi connectivity index (χ0n) is 17.9. The molecule has 1 saturated heterocycles. The molecule has 6 rings (SSSR count). The van der Waals surface area contributed by atoms with E-state index in [4.69, 9.17) is 33.9 Å². The predicted molar refractivity (Wildman–Crippen MR) is 135 cm³/mol. The van der Waals surface area contributed by atoms with Crippen molar-refractivity contribution >= 4 is 62.1 Å². The van der Waals surface area contributed by atoms with Crippen LogP contribution in [0.3, 0.4) is 0 Å². The molecule has 2 aromatic carbocycles. The van der Waals surface area contributed by atoms with E-state index in [0.29, 0.717) is 28.5 Å².